The summed E-state index contributed by atoms with van der Waals surface area (Å²) in [5, 5.41) is 0. The molecule has 0 aliphatic rings. The van der Waals surface area contributed by atoms with E-state index in [9.17, 15) is 9.59 Å². The molecule has 0 aliphatic heterocycles. The molecule has 140 valence electrons. The minimum absolute atomic E-state index is 0.333. The number of carbonyl (C=O) groups is 2. The maximum Gasteiger partial charge on any atom is 0.338 e. The Kier molecular flexibility index (Phi) is 6.94. The molecule has 5 heteroatoms. The Morgan fingerprint density at radius 1 is 1.04 bits per heavy atom. The van der Waals surface area contributed by atoms with Crippen LogP contribution in [-0.2, 0) is 9.59 Å². The molecule has 0 unspecified atom stereocenters. The SMILES string of the molecule is C=C(C)C(=O)Oc1ccc(-c2ccc(OC=O)cc2OCC=C(C)C)cc1. The van der Waals surface area contributed by atoms with E-state index in [0.717, 1.165) is 16.7 Å². The molecule has 0 radical (unpaired) electrons. The molecule has 0 saturated carbocycles. The molecule has 2 rings (SSSR count). The largest absolute Gasteiger partial charge is 0.489 e. The van der Waals surface area contributed by atoms with Crippen molar-refractivity contribution in [3.63, 3.8) is 0 Å². The lowest BCUT2D eigenvalue weighted by Crippen LogP contribution is -2.07. The van der Waals surface area contributed by atoms with Gasteiger partial charge in [0.05, 0.1) is 0 Å². The summed E-state index contributed by atoms with van der Waals surface area (Å²) < 4.78 is 16.0. The topological polar surface area (TPSA) is 61.8 Å². The second-order valence-electron chi connectivity index (χ2n) is 6.16. The number of hydrogen-bond acceptors (Lipinski definition) is 5. The molecule has 0 aliphatic carbocycles. The summed E-state index contributed by atoms with van der Waals surface area (Å²) in [7, 11) is 0. The minimum Gasteiger partial charge on any atom is -0.489 e. The van der Waals surface area contributed by atoms with Gasteiger partial charge < -0.3 is 14.2 Å². The Hall–Kier alpha value is -3.34. The Bertz CT molecular complexity index is 859. The lowest BCUT2D eigenvalue weighted by Gasteiger charge is -2.13. The van der Waals surface area contributed by atoms with Crippen LogP contribution in [0.5, 0.6) is 17.2 Å². The highest BCUT2D eigenvalue weighted by Crippen LogP contribution is 2.34. The summed E-state index contributed by atoms with van der Waals surface area (Å²) in [4.78, 5) is 22.2. The van der Waals surface area contributed by atoms with Crippen LogP contribution in [-0.4, -0.2) is 19.0 Å². The maximum atomic E-state index is 11.6. The van der Waals surface area contributed by atoms with Gasteiger partial charge in [-0.05, 0) is 56.7 Å². The van der Waals surface area contributed by atoms with Crippen molar-refractivity contribution >= 4 is 12.4 Å². The van der Waals surface area contributed by atoms with Gasteiger partial charge in [0.15, 0.2) is 0 Å². The highest BCUT2D eigenvalue weighted by Gasteiger charge is 2.10. The summed E-state index contributed by atoms with van der Waals surface area (Å²) in [6.07, 6.45) is 1.96. The Labute approximate surface area is 158 Å². The second kappa shape index (κ2) is 9.38. The lowest BCUT2D eigenvalue weighted by molar-refractivity contribution is -0.130. The normalized spacial score (nSPS) is 9.89. The fourth-order valence-corrected chi connectivity index (χ4v) is 2.18. The van der Waals surface area contributed by atoms with E-state index < -0.39 is 5.97 Å². The molecule has 27 heavy (non-hydrogen) atoms. The van der Waals surface area contributed by atoms with E-state index in [1.54, 1.807) is 31.2 Å². The van der Waals surface area contributed by atoms with Crippen LogP contribution in [0.1, 0.15) is 20.8 Å². The van der Waals surface area contributed by atoms with Crippen LogP contribution < -0.4 is 14.2 Å². The van der Waals surface area contributed by atoms with Gasteiger partial charge in [0.1, 0.15) is 23.9 Å². The monoisotopic (exact) mass is 366 g/mol. The smallest absolute Gasteiger partial charge is 0.338 e. The van der Waals surface area contributed by atoms with Crippen molar-refractivity contribution in [2.75, 3.05) is 6.61 Å². The number of ether oxygens (including phenoxy) is 3. The molecule has 0 fully saturated rings. The third-order valence-corrected chi connectivity index (χ3v) is 3.59. The van der Waals surface area contributed by atoms with Crippen molar-refractivity contribution in [2.24, 2.45) is 0 Å². The molecule has 0 N–H and O–H groups in total. The molecule has 0 saturated heterocycles. The minimum atomic E-state index is -0.469. The molecular weight excluding hydrogens is 344 g/mol. The van der Waals surface area contributed by atoms with Crippen LogP contribution in [0.3, 0.4) is 0 Å². The highest BCUT2D eigenvalue weighted by molar-refractivity contribution is 5.88. The van der Waals surface area contributed by atoms with Crippen LogP contribution in [0.15, 0.2) is 66.3 Å². The first kappa shape index (κ1) is 20.0. The summed E-state index contributed by atoms with van der Waals surface area (Å²) >= 11 is 0. The van der Waals surface area contributed by atoms with Gasteiger partial charge in [-0.25, -0.2) is 4.79 Å². The van der Waals surface area contributed by atoms with Gasteiger partial charge in [-0.15, -0.1) is 0 Å². The Balaban J connectivity index is 2.29. The van der Waals surface area contributed by atoms with Gasteiger partial charge in [0.2, 0.25) is 0 Å². The van der Waals surface area contributed by atoms with Crippen LogP contribution in [0.4, 0.5) is 0 Å². The first-order valence-electron chi connectivity index (χ1n) is 8.39. The average Bonchev–Trinajstić information content (AvgIpc) is 2.62. The summed E-state index contributed by atoms with van der Waals surface area (Å²) in [5.74, 6) is 0.940. The van der Waals surface area contributed by atoms with Crippen LogP contribution in [0, 0.1) is 0 Å². The van der Waals surface area contributed by atoms with Crippen LogP contribution in [0.2, 0.25) is 0 Å². The summed E-state index contributed by atoms with van der Waals surface area (Å²) in [6, 6.07) is 12.2. The van der Waals surface area contributed by atoms with E-state index in [4.69, 9.17) is 14.2 Å². The molecule has 2 aromatic rings. The van der Waals surface area contributed by atoms with Gasteiger partial charge in [-0.1, -0.05) is 24.3 Å². The van der Waals surface area contributed by atoms with Gasteiger partial charge in [0.25, 0.3) is 6.47 Å². The summed E-state index contributed by atoms with van der Waals surface area (Å²) in [6.45, 7) is 9.90. The van der Waals surface area contributed by atoms with E-state index in [1.165, 1.54) is 0 Å². The standard InChI is InChI=1S/C22H22O5/c1-15(2)11-12-25-21-13-19(26-14-23)9-10-20(21)17-5-7-18(8-6-17)27-22(24)16(3)4/h5-11,13-14H,3,12H2,1-2,4H3. The molecule has 0 aromatic heterocycles. The highest BCUT2D eigenvalue weighted by atomic mass is 16.5. The molecule has 0 heterocycles. The van der Waals surface area contributed by atoms with Crippen molar-refractivity contribution in [3.05, 3.63) is 66.3 Å². The fourth-order valence-electron chi connectivity index (χ4n) is 2.18. The maximum absolute atomic E-state index is 11.6. The fraction of sp³-hybridized carbons (Fsp3) is 0.182. The zero-order chi connectivity index (χ0) is 19.8. The van der Waals surface area contributed by atoms with E-state index in [-0.39, 0.29) is 0 Å². The second-order valence-corrected chi connectivity index (χ2v) is 6.16. The molecule has 0 spiro atoms. The van der Waals surface area contributed by atoms with Gasteiger partial charge in [0, 0.05) is 17.2 Å². The zero-order valence-electron chi connectivity index (χ0n) is 15.7. The van der Waals surface area contributed by atoms with E-state index >= 15 is 0 Å². The first-order chi connectivity index (χ1) is 12.9. The first-order valence-corrected chi connectivity index (χ1v) is 8.39. The van der Waals surface area contributed by atoms with Crippen LogP contribution in [0.25, 0.3) is 11.1 Å². The molecule has 0 amide bonds. The molecule has 0 bridgehead atoms. The Morgan fingerprint density at radius 3 is 2.30 bits per heavy atom. The number of carbonyl (C=O) groups excluding carboxylic acids is 2. The van der Waals surface area contributed by atoms with Crippen LogP contribution >= 0.6 is 0 Å². The van der Waals surface area contributed by atoms with E-state index in [2.05, 4.69) is 6.58 Å². The van der Waals surface area contributed by atoms with Crippen molar-refractivity contribution < 1.29 is 23.8 Å². The van der Waals surface area contributed by atoms with Gasteiger partial charge in [-0.2, -0.15) is 0 Å². The van der Waals surface area contributed by atoms with Crippen molar-refractivity contribution in [3.8, 4) is 28.4 Å². The number of hydrogen-bond donors (Lipinski definition) is 0. The third-order valence-electron chi connectivity index (χ3n) is 3.59. The third kappa shape index (κ3) is 5.85. The Morgan fingerprint density at radius 2 is 1.70 bits per heavy atom. The lowest BCUT2D eigenvalue weighted by atomic mass is 10.0. The number of esters is 1. The van der Waals surface area contributed by atoms with Crippen molar-refractivity contribution in [1.82, 2.24) is 0 Å². The number of rotatable bonds is 8. The predicted molar refractivity (Wildman–Crippen MR) is 104 cm³/mol. The molecular formula is C22H22O5. The van der Waals surface area contributed by atoms with Gasteiger partial charge in [-0.3, -0.25) is 4.79 Å². The average molecular weight is 366 g/mol. The van der Waals surface area contributed by atoms with E-state index in [0.29, 0.717) is 35.9 Å². The predicted octanol–water partition coefficient (Wildman–Crippen LogP) is 4.72. The molecule has 5 nitrogen and oxygen atoms in total. The zero-order valence-corrected chi connectivity index (χ0v) is 15.7. The molecule has 2 aromatic carbocycles. The van der Waals surface area contributed by atoms with Crippen molar-refractivity contribution in [1.29, 1.82) is 0 Å². The van der Waals surface area contributed by atoms with E-state index in [1.807, 2.05) is 38.1 Å². The summed E-state index contributed by atoms with van der Waals surface area (Å²) in [5.41, 5.74) is 3.17. The van der Waals surface area contributed by atoms with Crippen molar-refractivity contribution in [2.45, 2.75) is 20.8 Å². The number of allylic oxidation sites excluding steroid dienone is 1. The quantitative estimate of drug-likeness (QED) is 0.222. The van der Waals surface area contributed by atoms with Gasteiger partial charge >= 0.3 is 5.97 Å². The number of benzene rings is 2. The molecule has 0 atom stereocenters.